The summed E-state index contributed by atoms with van der Waals surface area (Å²) in [7, 11) is 0. The molecule has 4 heteroatoms. The van der Waals surface area contributed by atoms with Gasteiger partial charge in [-0.05, 0) is 77.0 Å². The molecule has 0 aliphatic carbocycles. The fourth-order valence-electron chi connectivity index (χ4n) is 7.18. The minimum absolute atomic E-state index is 0.0865. The maximum atomic E-state index is 12.4. The summed E-state index contributed by atoms with van der Waals surface area (Å²) in [5.74, 6) is -0.0865. The van der Waals surface area contributed by atoms with Crippen LogP contribution in [0.3, 0.4) is 0 Å². The molecule has 0 aromatic heterocycles. The van der Waals surface area contributed by atoms with E-state index in [1.807, 2.05) is 6.08 Å². The molecule has 0 saturated heterocycles. The smallest absolute Gasteiger partial charge is 0.220 e. The molecule has 2 atom stereocenters. The molecule has 0 aliphatic rings. The third kappa shape index (κ3) is 43.2. The second kappa shape index (κ2) is 47.5. The van der Waals surface area contributed by atoms with Crippen molar-refractivity contribution < 1.29 is 15.0 Å². The van der Waals surface area contributed by atoms with Crippen molar-refractivity contribution in [1.29, 1.82) is 0 Å². The molecular weight excluding hydrogens is 687 g/mol. The van der Waals surface area contributed by atoms with E-state index in [1.54, 1.807) is 6.08 Å². The molecule has 4 nitrogen and oxygen atoms in total. The topological polar surface area (TPSA) is 69.6 Å². The summed E-state index contributed by atoms with van der Waals surface area (Å²) < 4.78 is 0. The van der Waals surface area contributed by atoms with Crippen LogP contribution in [0.25, 0.3) is 0 Å². The lowest BCUT2D eigenvalue weighted by atomic mass is 10.0. The highest BCUT2D eigenvalue weighted by atomic mass is 16.3. The quantitative estimate of drug-likeness (QED) is 0.0426. The highest BCUT2D eigenvalue weighted by Gasteiger charge is 2.17. The molecule has 0 heterocycles. The predicted octanol–water partition coefficient (Wildman–Crippen LogP) is 15.7. The van der Waals surface area contributed by atoms with E-state index in [1.165, 1.54) is 173 Å². The van der Waals surface area contributed by atoms with Crippen molar-refractivity contribution >= 4 is 5.91 Å². The van der Waals surface area contributed by atoms with Crippen molar-refractivity contribution in [2.45, 2.75) is 257 Å². The SMILES string of the molecule is CCCCCC/C=C\C/C=C\CCCCCCCCCC(=O)NC(CO)C(O)/C=C/CC/C=C/CC/C=C/CCCCCCCCCCCCCCCCCC. The summed E-state index contributed by atoms with van der Waals surface area (Å²) in [6, 6.07) is -0.652. The van der Waals surface area contributed by atoms with E-state index in [0.29, 0.717) is 6.42 Å². The summed E-state index contributed by atoms with van der Waals surface area (Å²) >= 11 is 0. The number of carbonyl (C=O) groups excluding carboxylic acids is 1. The normalized spacial score (nSPS) is 13.4. The van der Waals surface area contributed by atoms with Crippen molar-refractivity contribution in [2.75, 3.05) is 6.61 Å². The maximum absolute atomic E-state index is 12.4. The number of aliphatic hydroxyl groups is 2. The number of rotatable bonds is 44. The van der Waals surface area contributed by atoms with E-state index in [-0.39, 0.29) is 12.5 Å². The van der Waals surface area contributed by atoms with Crippen LogP contribution in [0, 0.1) is 0 Å². The largest absolute Gasteiger partial charge is 0.394 e. The van der Waals surface area contributed by atoms with Gasteiger partial charge in [-0.15, -0.1) is 0 Å². The number of allylic oxidation sites excluding steroid dienone is 9. The van der Waals surface area contributed by atoms with Crippen LogP contribution in [0.4, 0.5) is 0 Å². The van der Waals surface area contributed by atoms with Gasteiger partial charge in [-0.25, -0.2) is 0 Å². The van der Waals surface area contributed by atoms with Crippen LogP contribution in [0.2, 0.25) is 0 Å². The third-order valence-corrected chi connectivity index (χ3v) is 11.0. The first-order chi connectivity index (χ1) is 27.7. The molecule has 56 heavy (non-hydrogen) atoms. The summed E-state index contributed by atoms with van der Waals surface area (Å²) in [6.45, 7) is 4.28. The Labute approximate surface area is 349 Å². The number of hydrogen-bond donors (Lipinski definition) is 3. The first-order valence-corrected chi connectivity index (χ1v) is 24.5. The fourth-order valence-corrected chi connectivity index (χ4v) is 7.18. The molecule has 2 unspecified atom stereocenters. The van der Waals surface area contributed by atoms with E-state index < -0.39 is 12.1 Å². The monoisotopic (exact) mass is 782 g/mol. The summed E-state index contributed by atoms with van der Waals surface area (Å²) in [5, 5.41) is 23.0. The van der Waals surface area contributed by atoms with E-state index in [2.05, 4.69) is 67.8 Å². The fraction of sp³-hybridized carbons (Fsp3) is 0.788. The number of aliphatic hydroxyl groups excluding tert-OH is 2. The van der Waals surface area contributed by atoms with E-state index in [4.69, 9.17) is 0 Å². The molecule has 0 radical (unpaired) electrons. The Bertz CT molecular complexity index is 934. The molecule has 3 N–H and O–H groups in total. The van der Waals surface area contributed by atoms with Gasteiger partial charge < -0.3 is 15.5 Å². The Morgan fingerprint density at radius 1 is 0.429 bits per heavy atom. The van der Waals surface area contributed by atoms with Gasteiger partial charge in [0.1, 0.15) is 0 Å². The third-order valence-electron chi connectivity index (χ3n) is 11.0. The van der Waals surface area contributed by atoms with Crippen molar-refractivity contribution in [3.8, 4) is 0 Å². The average Bonchev–Trinajstić information content (AvgIpc) is 3.20. The Morgan fingerprint density at radius 2 is 0.750 bits per heavy atom. The van der Waals surface area contributed by atoms with Crippen LogP contribution in [0.5, 0.6) is 0 Å². The molecular formula is C52H95NO3. The van der Waals surface area contributed by atoms with Crippen molar-refractivity contribution in [3.63, 3.8) is 0 Å². The van der Waals surface area contributed by atoms with Crippen molar-refractivity contribution in [2.24, 2.45) is 0 Å². The highest BCUT2D eigenvalue weighted by molar-refractivity contribution is 5.76. The van der Waals surface area contributed by atoms with Crippen molar-refractivity contribution in [3.05, 3.63) is 60.8 Å². The summed E-state index contributed by atoms with van der Waals surface area (Å²) in [5.41, 5.74) is 0. The molecule has 0 fully saturated rings. The first kappa shape index (κ1) is 54.1. The average molecular weight is 782 g/mol. The molecule has 326 valence electrons. The van der Waals surface area contributed by atoms with Gasteiger partial charge in [0.25, 0.3) is 0 Å². The molecule has 0 saturated carbocycles. The summed E-state index contributed by atoms with van der Waals surface area (Å²) in [6.07, 6.45) is 66.4. The van der Waals surface area contributed by atoms with E-state index in [0.717, 1.165) is 51.4 Å². The van der Waals surface area contributed by atoms with Gasteiger partial charge in [0.2, 0.25) is 5.91 Å². The van der Waals surface area contributed by atoms with Gasteiger partial charge in [0.15, 0.2) is 0 Å². The van der Waals surface area contributed by atoms with E-state index >= 15 is 0 Å². The molecule has 0 rings (SSSR count). The number of nitrogens with one attached hydrogen (secondary N) is 1. The Hall–Kier alpha value is -1.91. The number of unbranched alkanes of at least 4 members (excludes halogenated alkanes) is 29. The molecule has 0 aromatic carbocycles. The van der Waals surface area contributed by atoms with Crippen LogP contribution in [0.15, 0.2) is 60.8 Å². The molecule has 0 aromatic rings. The van der Waals surface area contributed by atoms with Crippen LogP contribution in [-0.2, 0) is 4.79 Å². The minimum Gasteiger partial charge on any atom is -0.394 e. The highest BCUT2D eigenvalue weighted by Crippen LogP contribution is 2.15. The van der Waals surface area contributed by atoms with E-state index in [9.17, 15) is 15.0 Å². The lowest BCUT2D eigenvalue weighted by Crippen LogP contribution is -2.45. The molecule has 1 amide bonds. The first-order valence-electron chi connectivity index (χ1n) is 24.5. The van der Waals surface area contributed by atoms with Crippen LogP contribution >= 0.6 is 0 Å². The predicted molar refractivity (Wildman–Crippen MR) is 248 cm³/mol. The maximum Gasteiger partial charge on any atom is 0.220 e. The number of hydrogen-bond acceptors (Lipinski definition) is 3. The Kier molecular flexibility index (Phi) is 45.8. The zero-order valence-electron chi connectivity index (χ0n) is 37.4. The second-order valence-electron chi connectivity index (χ2n) is 16.5. The Morgan fingerprint density at radius 3 is 1.16 bits per heavy atom. The molecule has 0 spiro atoms. The van der Waals surface area contributed by atoms with Crippen LogP contribution in [0.1, 0.15) is 245 Å². The zero-order chi connectivity index (χ0) is 40.7. The Balaban J connectivity index is 3.62. The van der Waals surface area contributed by atoms with Crippen LogP contribution < -0.4 is 5.32 Å². The number of amides is 1. The van der Waals surface area contributed by atoms with Crippen LogP contribution in [-0.4, -0.2) is 34.9 Å². The molecule has 0 aliphatic heterocycles. The second-order valence-corrected chi connectivity index (χ2v) is 16.5. The lowest BCUT2D eigenvalue weighted by molar-refractivity contribution is -0.123. The standard InChI is InChI=1S/C52H95NO3/c1-3-5-7-9-11-13-15-17-19-21-23-24-25-26-27-28-29-30-31-33-35-37-39-41-43-45-47-51(55)50(49-54)53-52(56)48-46-44-42-40-38-36-34-32-22-20-18-16-14-12-10-8-6-4-2/h14,16,20,22,30-31,37,39,45,47,50-51,54-55H,3-13,15,17-19,21,23-29,32-36,38,40-44,46,48-49H2,1-2H3,(H,53,56)/b16-14-,22-20-,31-30+,39-37+,47-45+. The van der Waals surface area contributed by atoms with Gasteiger partial charge in [-0.2, -0.15) is 0 Å². The van der Waals surface area contributed by atoms with Gasteiger partial charge in [0.05, 0.1) is 18.8 Å². The van der Waals surface area contributed by atoms with Gasteiger partial charge in [0, 0.05) is 6.42 Å². The summed E-state index contributed by atoms with van der Waals surface area (Å²) in [4.78, 5) is 12.4. The number of carbonyl (C=O) groups is 1. The van der Waals surface area contributed by atoms with Gasteiger partial charge in [-0.3, -0.25) is 4.79 Å². The van der Waals surface area contributed by atoms with Gasteiger partial charge >= 0.3 is 0 Å². The minimum atomic E-state index is -0.876. The van der Waals surface area contributed by atoms with Crippen molar-refractivity contribution in [1.82, 2.24) is 5.32 Å². The lowest BCUT2D eigenvalue weighted by Gasteiger charge is -2.19. The zero-order valence-corrected chi connectivity index (χ0v) is 37.4. The van der Waals surface area contributed by atoms with Gasteiger partial charge in [-0.1, -0.05) is 222 Å². The molecule has 0 bridgehead atoms.